The van der Waals surface area contributed by atoms with Gasteiger partial charge >= 0.3 is 0 Å². The number of benzene rings is 2. The maximum absolute atomic E-state index is 12.3. The molecule has 8 heteroatoms. The molecule has 0 saturated carbocycles. The standard InChI is InChI=1S/C20H21ClN4O2S/c1-28(26,27)25-13-20(15-4-2-3-5-18(15)25)8-10-24(11-9-20)19-22-16-7-6-14(21)12-17(16)23-19/h2-7,12H,8-11,13H2,1H3,(H,22,23). The third kappa shape index (κ3) is 2.76. The molecule has 28 heavy (non-hydrogen) atoms. The van der Waals surface area contributed by atoms with Crippen LogP contribution >= 0.6 is 11.6 Å². The Bertz CT molecular complexity index is 1170. The molecule has 2 aliphatic heterocycles. The van der Waals surface area contributed by atoms with E-state index in [1.54, 1.807) is 4.31 Å². The van der Waals surface area contributed by atoms with E-state index in [4.69, 9.17) is 16.6 Å². The van der Waals surface area contributed by atoms with Crippen LogP contribution in [-0.2, 0) is 15.4 Å². The normalized spacial score (nSPS) is 18.8. The van der Waals surface area contributed by atoms with Crippen molar-refractivity contribution in [2.45, 2.75) is 18.3 Å². The number of anilines is 2. The first-order valence-electron chi connectivity index (χ1n) is 9.33. The number of aromatic nitrogens is 2. The first-order valence-corrected chi connectivity index (χ1v) is 11.6. The zero-order valence-corrected chi connectivity index (χ0v) is 17.1. The average Bonchev–Trinajstić information content (AvgIpc) is 3.22. The molecule has 1 saturated heterocycles. The summed E-state index contributed by atoms with van der Waals surface area (Å²) in [5.41, 5.74) is 3.67. The van der Waals surface area contributed by atoms with Gasteiger partial charge in [0.2, 0.25) is 16.0 Å². The van der Waals surface area contributed by atoms with E-state index in [0.29, 0.717) is 11.6 Å². The zero-order valence-electron chi connectivity index (χ0n) is 15.5. The van der Waals surface area contributed by atoms with Gasteiger partial charge in [0.25, 0.3) is 0 Å². The van der Waals surface area contributed by atoms with Gasteiger partial charge in [-0.2, -0.15) is 0 Å². The van der Waals surface area contributed by atoms with E-state index in [0.717, 1.165) is 54.2 Å². The fourth-order valence-corrected chi connectivity index (χ4v) is 5.73. The van der Waals surface area contributed by atoms with Crippen molar-refractivity contribution in [3.05, 3.63) is 53.1 Å². The summed E-state index contributed by atoms with van der Waals surface area (Å²) in [4.78, 5) is 10.3. The number of halogens is 1. The second-order valence-electron chi connectivity index (χ2n) is 7.78. The molecule has 6 nitrogen and oxygen atoms in total. The number of H-pyrrole nitrogens is 1. The van der Waals surface area contributed by atoms with Crippen LogP contribution in [0.3, 0.4) is 0 Å². The summed E-state index contributed by atoms with van der Waals surface area (Å²) in [6.45, 7) is 2.16. The largest absolute Gasteiger partial charge is 0.342 e. The van der Waals surface area contributed by atoms with Crippen LogP contribution in [0.25, 0.3) is 11.0 Å². The Labute approximate surface area is 169 Å². The molecular weight excluding hydrogens is 396 g/mol. The summed E-state index contributed by atoms with van der Waals surface area (Å²) in [6, 6.07) is 13.6. The van der Waals surface area contributed by atoms with E-state index in [2.05, 4.69) is 16.0 Å². The second kappa shape index (κ2) is 6.12. The molecule has 0 aliphatic carbocycles. The number of imidazole rings is 1. The number of nitrogens with zero attached hydrogens (tertiary/aromatic N) is 3. The molecule has 0 atom stereocenters. The Morgan fingerprint density at radius 3 is 2.64 bits per heavy atom. The topological polar surface area (TPSA) is 69.3 Å². The Morgan fingerprint density at radius 1 is 1.14 bits per heavy atom. The van der Waals surface area contributed by atoms with Crippen LogP contribution in [-0.4, -0.2) is 44.3 Å². The quantitative estimate of drug-likeness (QED) is 0.693. The van der Waals surface area contributed by atoms with Gasteiger partial charge in [-0.15, -0.1) is 0 Å². The molecule has 146 valence electrons. The van der Waals surface area contributed by atoms with Crippen molar-refractivity contribution in [2.24, 2.45) is 0 Å². The minimum atomic E-state index is -3.29. The predicted octanol–water partition coefficient (Wildman–Crippen LogP) is 3.53. The van der Waals surface area contributed by atoms with Gasteiger partial charge in [0.1, 0.15) is 0 Å². The highest BCUT2D eigenvalue weighted by molar-refractivity contribution is 7.92. The maximum atomic E-state index is 12.3. The maximum Gasteiger partial charge on any atom is 0.232 e. The number of fused-ring (bicyclic) bond motifs is 3. The molecule has 1 N–H and O–H groups in total. The molecular formula is C20H21ClN4O2S. The molecule has 3 heterocycles. The second-order valence-corrected chi connectivity index (χ2v) is 10.1. The third-order valence-corrected chi connectivity index (χ3v) is 7.40. The molecule has 5 rings (SSSR count). The van der Waals surface area contributed by atoms with Crippen molar-refractivity contribution < 1.29 is 8.42 Å². The fourth-order valence-electron chi connectivity index (χ4n) is 4.57. The molecule has 0 unspecified atom stereocenters. The number of sulfonamides is 1. The van der Waals surface area contributed by atoms with E-state index < -0.39 is 10.0 Å². The van der Waals surface area contributed by atoms with Crippen LogP contribution in [0.2, 0.25) is 5.02 Å². The monoisotopic (exact) mass is 416 g/mol. The van der Waals surface area contributed by atoms with Crippen LogP contribution in [0, 0.1) is 0 Å². The van der Waals surface area contributed by atoms with Gasteiger partial charge in [-0.25, -0.2) is 13.4 Å². The van der Waals surface area contributed by atoms with E-state index in [9.17, 15) is 8.42 Å². The number of para-hydroxylation sites is 1. The summed E-state index contributed by atoms with van der Waals surface area (Å²) in [7, 11) is -3.29. The summed E-state index contributed by atoms with van der Waals surface area (Å²) in [5.74, 6) is 0.846. The van der Waals surface area contributed by atoms with Crippen molar-refractivity contribution >= 4 is 44.3 Å². The molecule has 1 fully saturated rings. The van der Waals surface area contributed by atoms with Gasteiger partial charge in [-0.1, -0.05) is 29.8 Å². The van der Waals surface area contributed by atoms with E-state index in [1.165, 1.54) is 6.26 Å². The van der Waals surface area contributed by atoms with Crippen molar-refractivity contribution in [3.63, 3.8) is 0 Å². The summed E-state index contributed by atoms with van der Waals surface area (Å²) in [6.07, 6.45) is 3.05. The zero-order chi connectivity index (χ0) is 19.5. The first kappa shape index (κ1) is 17.8. The first-order chi connectivity index (χ1) is 13.4. The number of nitrogens with one attached hydrogen (secondary N) is 1. The number of aromatic amines is 1. The smallest absolute Gasteiger partial charge is 0.232 e. The van der Waals surface area contributed by atoms with Crippen LogP contribution in [0.4, 0.5) is 11.6 Å². The lowest BCUT2D eigenvalue weighted by molar-refractivity contribution is 0.355. The predicted molar refractivity (Wildman–Crippen MR) is 113 cm³/mol. The number of piperidine rings is 1. The minimum absolute atomic E-state index is 0.133. The number of hydrogen-bond donors (Lipinski definition) is 1. The number of hydrogen-bond acceptors (Lipinski definition) is 4. The molecule has 0 radical (unpaired) electrons. The third-order valence-electron chi connectivity index (χ3n) is 6.04. The average molecular weight is 417 g/mol. The van der Waals surface area contributed by atoms with E-state index in [-0.39, 0.29) is 5.41 Å². The lowest BCUT2D eigenvalue weighted by Crippen LogP contribution is -2.46. The van der Waals surface area contributed by atoms with Crippen molar-refractivity contribution in [1.82, 2.24) is 9.97 Å². The van der Waals surface area contributed by atoms with Crippen molar-refractivity contribution in [1.29, 1.82) is 0 Å². The summed E-state index contributed by atoms with van der Waals surface area (Å²) in [5, 5.41) is 0.673. The Balaban J connectivity index is 1.43. The molecule has 2 aromatic carbocycles. The summed E-state index contributed by atoms with van der Waals surface area (Å²) >= 11 is 6.07. The van der Waals surface area contributed by atoms with Gasteiger partial charge in [0.15, 0.2) is 0 Å². The van der Waals surface area contributed by atoms with Gasteiger partial charge in [-0.05, 0) is 42.7 Å². The van der Waals surface area contributed by atoms with Gasteiger partial charge in [0, 0.05) is 30.1 Å². The Kier molecular flexibility index (Phi) is 3.90. The lowest BCUT2D eigenvalue weighted by Gasteiger charge is -2.39. The van der Waals surface area contributed by atoms with E-state index in [1.807, 2.05) is 36.4 Å². The highest BCUT2D eigenvalue weighted by Crippen LogP contribution is 2.48. The Morgan fingerprint density at radius 2 is 1.89 bits per heavy atom. The van der Waals surface area contributed by atoms with E-state index >= 15 is 0 Å². The number of rotatable bonds is 2. The Hall–Kier alpha value is -2.25. The molecule has 0 amide bonds. The van der Waals surface area contributed by atoms with Gasteiger partial charge in [-0.3, -0.25) is 4.31 Å². The lowest BCUT2D eigenvalue weighted by atomic mass is 9.74. The fraction of sp³-hybridized carbons (Fsp3) is 0.350. The van der Waals surface area contributed by atoms with Crippen molar-refractivity contribution in [3.8, 4) is 0 Å². The molecule has 3 aromatic rings. The highest BCUT2D eigenvalue weighted by atomic mass is 35.5. The van der Waals surface area contributed by atoms with Gasteiger partial charge in [0.05, 0.1) is 23.0 Å². The molecule has 1 aromatic heterocycles. The highest BCUT2D eigenvalue weighted by Gasteiger charge is 2.47. The molecule has 1 spiro atoms. The van der Waals surface area contributed by atoms with Crippen LogP contribution in [0.5, 0.6) is 0 Å². The van der Waals surface area contributed by atoms with Crippen LogP contribution < -0.4 is 9.21 Å². The summed E-state index contributed by atoms with van der Waals surface area (Å²) < 4.78 is 26.2. The van der Waals surface area contributed by atoms with Gasteiger partial charge < -0.3 is 9.88 Å². The van der Waals surface area contributed by atoms with Crippen molar-refractivity contribution in [2.75, 3.05) is 35.1 Å². The van der Waals surface area contributed by atoms with Crippen LogP contribution in [0.1, 0.15) is 18.4 Å². The van der Waals surface area contributed by atoms with Crippen LogP contribution in [0.15, 0.2) is 42.5 Å². The minimum Gasteiger partial charge on any atom is -0.342 e. The SMILES string of the molecule is CS(=O)(=O)N1CC2(CCN(c3nc4cc(Cl)ccc4[nH]3)CC2)c2ccccc21. The molecule has 0 bridgehead atoms. The molecule has 2 aliphatic rings.